The third-order valence-corrected chi connectivity index (χ3v) is 3.54. The highest BCUT2D eigenvalue weighted by molar-refractivity contribution is 5.94. The van der Waals surface area contributed by atoms with E-state index in [-0.39, 0.29) is 11.3 Å². The van der Waals surface area contributed by atoms with Crippen molar-refractivity contribution >= 4 is 11.7 Å². The lowest BCUT2D eigenvalue weighted by atomic mass is 9.94. The Balaban J connectivity index is 1.95. The van der Waals surface area contributed by atoms with E-state index >= 15 is 0 Å². The van der Waals surface area contributed by atoms with Gasteiger partial charge in [0.1, 0.15) is 5.82 Å². The molecular formula is C12H12FNO2. The average molecular weight is 221 g/mol. The monoisotopic (exact) mass is 221 g/mol. The summed E-state index contributed by atoms with van der Waals surface area (Å²) >= 11 is 0. The minimum Gasteiger partial charge on any atom is -0.478 e. The maximum atomic E-state index is 13.6. The number of halogens is 1. The molecular weight excluding hydrogens is 209 g/mol. The zero-order chi connectivity index (χ0) is 11.3. The van der Waals surface area contributed by atoms with Gasteiger partial charge in [0.15, 0.2) is 0 Å². The summed E-state index contributed by atoms with van der Waals surface area (Å²) < 4.78 is 13.6. The third-order valence-electron chi connectivity index (χ3n) is 3.54. The van der Waals surface area contributed by atoms with E-state index < -0.39 is 11.8 Å². The molecule has 16 heavy (non-hydrogen) atoms. The number of carboxylic acids is 1. The number of aromatic carboxylic acids is 1. The summed E-state index contributed by atoms with van der Waals surface area (Å²) in [5, 5.41) is 9.01. The van der Waals surface area contributed by atoms with Gasteiger partial charge in [-0.05, 0) is 25.0 Å². The first-order chi connectivity index (χ1) is 7.61. The Morgan fingerprint density at radius 3 is 2.62 bits per heavy atom. The van der Waals surface area contributed by atoms with Gasteiger partial charge in [-0.25, -0.2) is 9.18 Å². The van der Waals surface area contributed by atoms with Gasteiger partial charge < -0.3 is 10.0 Å². The third kappa shape index (κ3) is 1.29. The highest BCUT2D eigenvalue weighted by atomic mass is 19.1. The largest absolute Gasteiger partial charge is 0.478 e. The van der Waals surface area contributed by atoms with E-state index in [4.69, 9.17) is 5.11 Å². The van der Waals surface area contributed by atoms with Crippen molar-refractivity contribution in [2.24, 2.45) is 5.41 Å². The van der Waals surface area contributed by atoms with Crippen molar-refractivity contribution in [1.82, 2.24) is 0 Å². The lowest BCUT2D eigenvalue weighted by Gasteiger charge is -2.42. The van der Waals surface area contributed by atoms with E-state index in [1.54, 1.807) is 0 Å². The first-order valence-electron chi connectivity index (χ1n) is 5.38. The molecule has 84 valence electrons. The van der Waals surface area contributed by atoms with E-state index in [9.17, 15) is 9.18 Å². The van der Waals surface area contributed by atoms with Gasteiger partial charge in [-0.2, -0.15) is 0 Å². The Bertz CT molecular complexity index is 460. The maximum Gasteiger partial charge on any atom is 0.337 e. The maximum absolute atomic E-state index is 13.6. The molecule has 1 aromatic carbocycles. The smallest absolute Gasteiger partial charge is 0.337 e. The van der Waals surface area contributed by atoms with Gasteiger partial charge in [0.05, 0.1) is 11.3 Å². The lowest BCUT2D eigenvalue weighted by Crippen LogP contribution is -2.49. The molecule has 0 radical (unpaired) electrons. The quantitative estimate of drug-likeness (QED) is 0.831. The summed E-state index contributed by atoms with van der Waals surface area (Å²) in [6.07, 6.45) is 2.39. The van der Waals surface area contributed by atoms with Crippen molar-refractivity contribution in [2.75, 3.05) is 18.0 Å². The number of hydrogen-bond acceptors (Lipinski definition) is 2. The van der Waals surface area contributed by atoms with Gasteiger partial charge in [0.25, 0.3) is 0 Å². The van der Waals surface area contributed by atoms with E-state index in [1.165, 1.54) is 31.0 Å². The van der Waals surface area contributed by atoms with Gasteiger partial charge in [0, 0.05) is 18.5 Å². The Morgan fingerprint density at radius 1 is 1.38 bits per heavy atom. The summed E-state index contributed by atoms with van der Waals surface area (Å²) in [6, 6.07) is 4.22. The van der Waals surface area contributed by atoms with Crippen LogP contribution in [0.5, 0.6) is 0 Å². The molecule has 1 saturated heterocycles. The van der Waals surface area contributed by atoms with Gasteiger partial charge in [-0.3, -0.25) is 0 Å². The lowest BCUT2D eigenvalue weighted by molar-refractivity contribution is 0.0696. The number of para-hydroxylation sites is 1. The summed E-state index contributed by atoms with van der Waals surface area (Å²) in [5.74, 6) is -1.50. The van der Waals surface area contributed by atoms with E-state index in [1.807, 2.05) is 4.90 Å². The van der Waals surface area contributed by atoms with Gasteiger partial charge in [0.2, 0.25) is 0 Å². The SMILES string of the molecule is O=C(O)c1cccc(F)c1N1CC2(CC2)C1. The number of carbonyl (C=O) groups is 1. The summed E-state index contributed by atoms with van der Waals surface area (Å²) in [5.41, 5.74) is 0.709. The second-order valence-corrected chi connectivity index (χ2v) is 4.80. The highest BCUT2D eigenvalue weighted by Crippen LogP contribution is 2.54. The van der Waals surface area contributed by atoms with Crippen molar-refractivity contribution in [2.45, 2.75) is 12.8 Å². The van der Waals surface area contributed by atoms with Crippen LogP contribution < -0.4 is 4.90 Å². The standard InChI is InChI=1S/C12H12FNO2/c13-9-3-1-2-8(11(15)16)10(9)14-6-12(7-14)4-5-12/h1-3H,4-7H2,(H,15,16). The van der Waals surface area contributed by atoms with Crippen molar-refractivity contribution in [1.29, 1.82) is 0 Å². The topological polar surface area (TPSA) is 40.5 Å². The predicted molar refractivity (Wildman–Crippen MR) is 57.2 cm³/mol. The number of rotatable bonds is 2. The molecule has 0 amide bonds. The number of hydrogen-bond donors (Lipinski definition) is 1. The molecule has 0 aromatic heterocycles. The molecule has 0 atom stereocenters. The highest BCUT2D eigenvalue weighted by Gasteiger charge is 2.53. The Kier molecular flexibility index (Phi) is 1.79. The number of anilines is 1. The van der Waals surface area contributed by atoms with E-state index in [0.29, 0.717) is 5.41 Å². The molecule has 1 saturated carbocycles. The van der Waals surface area contributed by atoms with Crippen LogP contribution in [-0.4, -0.2) is 24.2 Å². The zero-order valence-corrected chi connectivity index (χ0v) is 8.74. The summed E-state index contributed by atoms with van der Waals surface area (Å²) in [6.45, 7) is 1.60. The van der Waals surface area contributed by atoms with Crippen molar-refractivity contribution in [3.63, 3.8) is 0 Å². The Labute approximate surface area is 92.5 Å². The van der Waals surface area contributed by atoms with Crippen LogP contribution in [0.3, 0.4) is 0 Å². The molecule has 1 aromatic rings. The van der Waals surface area contributed by atoms with E-state index in [0.717, 1.165) is 13.1 Å². The molecule has 3 nitrogen and oxygen atoms in total. The van der Waals surface area contributed by atoms with Crippen LogP contribution in [-0.2, 0) is 0 Å². The number of benzene rings is 1. The van der Waals surface area contributed by atoms with Crippen LogP contribution in [0.15, 0.2) is 18.2 Å². The molecule has 1 heterocycles. The fraction of sp³-hybridized carbons (Fsp3) is 0.417. The van der Waals surface area contributed by atoms with E-state index in [2.05, 4.69) is 0 Å². The van der Waals surface area contributed by atoms with Gasteiger partial charge in [-0.15, -0.1) is 0 Å². The van der Waals surface area contributed by atoms with Crippen LogP contribution in [0, 0.1) is 11.2 Å². The molecule has 1 N–H and O–H groups in total. The van der Waals surface area contributed by atoms with Crippen LogP contribution in [0.4, 0.5) is 10.1 Å². The predicted octanol–water partition coefficient (Wildman–Crippen LogP) is 2.12. The van der Waals surface area contributed by atoms with Crippen molar-refractivity contribution in [3.05, 3.63) is 29.6 Å². The first kappa shape index (κ1) is 9.63. The second kappa shape index (κ2) is 2.97. The molecule has 4 heteroatoms. The number of nitrogens with zero attached hydrogens (tertiary/aromatic N) is 1. The average Bonchev–Trinajstić information content (AvgIpc) is 2.95. The normalized spacial score (nSPS) is 20.7. The summed E-state index contributed by atoms with van der Waals surface area (Å²) in [7, 11) is 0. The molecule has 1 aliphatic carbocycles. The van der Waals surface area contributed by atoms with Crippen LogP contribution >= 0.6 is 0 Å². The molecule has 0 unspecified atom stereocenters. The van der Waals surface area contributed by atoms with Crippen LogP contribution in [0.1, 0.15) is 23.2 Å². The van der Waals surface area contributed by atoms with Crippen molar-refractivity contribution < 1.29 is 14.3 Å². The molecule has 1 aliphatic heterocycles. The molecule has 1 spiro atoms. The fourth-order valence-corrected chi connectivity index (χ4v) is 2.42. The number of carboxylic acid groups (broad SMARTS) is 1. The van der Waals surface area contributed by atoms with Gasteiger partial charge >= 0.3 is 5.97 Å². The van der Waals surface area contributed by atoms with Gasteiger partial charge in [-0.1, -0.05) is 6.07 Å². The fourth-order valence-electron chi connectivity index (χ4n) is 2.42. The minimum absolute atomic E-state index is 0.0653. The second-order valence-electron chi connectivity index (χ2n) is 4.80. The Hall–Kier alpha value is -1.58. The van der Waals surface area contributed by atoms with Crippen molar-refractivity contribution in [3.8, 4) is 0 Å². The zero-order valence-electron chi connectivity index (χ0n) is 8.74. The van der Waals surface area contributed by atoms with Crippen LogP contribution in [0.25, 0.3) is 0 Å². The Morgan fingerprint density at radius 2 is 2.06 bits per heavy atom. The molecule has 2 aliphatic rings. The molecule has 3 rings (SSSR count). The minimum atomic E-state index is -1.06. The molecule has 0 bridgehead atoms. The van der Waals surface area contributed by atoms with Crippen LogP contribution in [0.2, 0.25) is 0 Å². The molecule has 2 fully saturated rings. The summed E-state index contributed by atoms with van der Waals surface area (Å²) in [4.78, 5) is 12.8. The first-order valence-corrected chi connectivity index (χ1v) is 5.38.